The number of ether oxygens (including phenoxy) is 2. The van der Waals surface area contributed by atoms with Crippen molar-refractivity contribution in [3.05, 3.63) is 23.8 Å². The second kappa shape index (κ2) is 7.23. The van der Waals surface area contributed by atoms with Gasteiger partial charge in [-0.05, 0) is 24.6 Å². The first-order valence-electron chi connectivity index (χ1n) is 6.12. The van der Waals surface area contributed by atoms with Gasteiger partial charge in [0.05, 0.1) is 12.2 Å². The summed E-state index contributed by atoms with van der Waals surface area (Å²) in [5.74, 6) is 0.139. The van der Waals surface area contributed by atoms with Crippen molar-refractivity contribution in [2.75, 3.05) is 25.6 Å². The van der Waals surface area contributed by atoms with Crippen molar-refractivity contribution in [3.63, 3.8) is 0 Å². The number of unbranched alkanes of at least 4 members (excludes halogenated alkanes) is 1. The molecule has 0 aliphatic heterocycles. The first-order valence-corrected chi connectivity index (χ1v) is 6.12. The van der Waals surface area contributed by atoms with E-state index in [0.29, 0.717) is 13.2 Å². The van der Waals surface area contributed by atoms with E-state index in [4.69, 9.17) is 15.2 Å². The molecule has 3 nitrogen and oxygen atoms in total. The van der Waals surface area contributed by atoms with E-state index >= 15 is 0 Å². The summed E-state index contributed by atoms with van der Waals surface area (Å²) in [7, 11) is 0. The Hall–Kier alpha value is -1.43. The van der Waals surface area contributed by atoms with Crippen molar-refractivity contribution in [1.82, 2.24) is 0 Å². The van der Waals surface area contributed by atoms with Gasteiger partial charge in [0, 0.05) is 12.3 Å². The van der Waals surface area contributed by atoms with Crippen LogP contribution >= 0.6 is 0 Å². The standard InChI is InChI=1S/C13H18F3NO2/c1-2-3-6-18-7-8-19-10-4-5-12(17)11(9-10)13(14,15)16/h4-5,9H,2-3,6-8,17H2,1H3. The molecule has 0 saturated heterocycles. The second-order valence-corrected chi connectivity index (χ2v) is 4.06. The number of anilines is 1. The Morgan fingerprint density at radius 3 is 2.53 bits per heavy atom. The van der Waals surface area contributed by atoms with E-state index in [2.05, 4.69) is 0 Å². The summed E-state index contributed by atoms with van der Waals surface area (Å²) < 4.78 is 48.2. The minimum Gasteiger partial charge on any atom is -0.491 e. The van der Waals surface area contributed by atoms with Gasteiger partial charge in [0.1, 0.15) is 12.4 Å². The van der Waals surface area contributed by atoms with E-state index < -0.39 is 11.7 Å². The number of nitrogen functional groups attached to an aromatic ring is 1. The molecule has 0 saturated carbocycles. The van der Waals surface area contributed by atoms with Crippen LogP contribution in [0, 0.1) is 0 Å². The zero-order valence-electron chi connectivity index (χ0n) is 10.8. The number of rotatable bonds is 7. The molecule has 0 aliphatic rings. The predicted octanol–water partition coefficient (Wildman–Crippen LogP) is 3.48. The van der Waals surface area contributed by atoms with Crippen molar-refractivity contribution < 1.29 is 22.6 Å². The second-order valence-electron chi connectivity index (χ2n) is 4.06. The third-order valence-corrected chi connectivity index (χ3v) is 2.47. The van der Waals surface area contributed by atoms with E-state index in [1.165, 1.54) is 12.1 Å². The van der Waals surface area contributed by atoms with Gasteiger partial charge in [-0.15, -0.1) is 0 Å². The molecule has 0 radical (unpaired) electrons. The Labute approximate surface area is 110 Å². The number of alkyl halides is 3. The predicted molar refractivity (Wildman–Crippen MR) is 67.1 cm³/mol. The molecular weight excluding hydrogens is 259 g/mol. The third-order valence-electron chi connectivity index (χ3n) is 2.47. The summed E-state index contributed by atoms with van der Waals surface area (Å²) in [6, 6.07) is 3.51. The van der Waals surface area contributed by atoms with Crippen molar-refractivity contribution in [2.45, 2.75) is 25.9 Å². The van der Waals surface area contributed by atoms with E-state index in [1.807, 2.05) is 6.92 Å². The fourth-order valence-electron chi connectivity index (χ4n) is 1.44. The van der Waals surface area contributed by atoms with Crippen LogP contribution in [0.25, 0.3) is 0 Å². The number of hydrogen-bond acceptors (Lipinski definition) is 3. The average molecular weight is 277 g/mol. The summed E-state index contributed by atoms with van der Waals surface area (Å²) in [6.45, 7) is 3.25. The fourth-order valence-corrected chi connectivity index (χ4v) is 1.44. The summed E-state index contributed by atoms with van der Waals surface area (Å²) in [5.41, 5.74) is 4.10. The topological polar surface area (TPSA) is 44.5 Å². The summed E-state index contributed by atoms with van der Waals surface area (Å²) >= 11 is 0. The maximum Gasteiger partial charge on any atom is 0.418 e. The normalized spacial score (nSPS) is 11.6. The molecule has 108 valence electrons. The van der Waals surface area contributed by atoms with Gasteiger partial charge in [-0.3, -0.25) is 0 Å². The molecule has 1 rings (SSSR count). The lowest BCUT2D eigenvalue weighted by atomic mass is 10.1. The molecule has 0 amide bonds. The van der Waals surface area contributed by atoms with E-state index in [-0.39, 0.29) is 18.0 Å². The Balaban J connectivity index is 2.47. The number of halogens is 3. The highest BCUT2D eigenvalue weighted by atomic mass is 19.4. The highest BCUT2D eigenvalue weighted by Crippen LogP contribution is 2.35. The van der Waals surface area contributed by atoms with Crippen LogP contribution in [0.4, 0.5) is 18.9 Å². The van der Waals surface area contributed by atoms with Crippen LogP contribution in [-0.2, 0) is 10.9 Å². The van der Waals surface area contributed by atoms with Gasteiger partial charge in [-0.2, -0.15) is 13.2 Å². The van der Waals surface area contributed by atoms with Crippen molar-refractivity contribution >= 4 is 5.69 Å². The van der Waals surface area contributed by atoms with Gasteiger partial charge >= 0.3 is 6.18 Å². The molecule has 0 aliphatic carbocycles. The molecule has 19 heavy (non-hydrogen) atoms. The molecule has 0 bridgehead atoms. The molecule has 0 atom stereocenters. The Morgan fingerprint density at radius 2 is 1.89 bits per heavy atom. The SMILES string of the molecule is CCCCOCCOc1ccc(N)c(C(F)(F)F)c1. The third kappa shape index (κ3) is 5.38. The number of benzene rings is 1. The minimum atomic E-state index is -4.47. The number of nitrogens with two attached hydrogens (primary N) is 1. The largest absolute Gasteiger partial charge is 0.491 e. The summed E-state index contributed by atoms with van der Waals surface area (Å²) in [6.07, 6.45) is -2.48. The van der Waals surface area contributed by atoms with E-state index in [1.54, 1.807) is 0 Å². The molecular formula is C13H18F3NO2. The lowest BCUT2D eigenvalue weighted by Crippen LogP contribution is -2.11. The van der Waals surface area contributed by atoms with Gasteiger partial charge in [0.25, 0.3) is 0 Å². The molecule has 2 N–H and O–H groups in total. The smallest absolute Gasteiger partial charge is 0.418 e. The van der Waals surface area contributed by atoms with Crippen molar-refractivity contribution in [3.8, 4) is 5.75 Å². The lowest BCUT2D eigenvalue weighted by Gasteiger charge is -2.12. The highest BCUT2D eigenvalue weighted by Gasteiger charge is 2.33. The van der Waals surface area contributed by atoms with Crippen LogP contribution in [0.15, 0.2) is 18.2 Å². The Bertz CT molecular complexity index is 394. The number of hydrogen-bond donors (Lipinski definition) is 1. The maximum atomic E-state index is 12.6. The van der Waals surface area contributed by atoms with Crippen LogP contribution in [0.1, 0.15) is 25.3 Å². The lowest BCUT2D eigenvalue weighted by molar-refractivity contribution is -0.137. The van der Waals surface area contributed by atoms with Gasteiger partial charge < -0.3 is 15.2 Å². The van der Waals surface area contributed by atoms with E-state index in [9.17, 15) is 13.2 Å². The summed E-state index contributed by atoms with van der Waals surface area (Å²) in [5, 5.41) is 0. The monoisotopic (exact) mass is 277 g/mol. The summed E-state index contributed by atoms with van der Waals surface area (Å²) in [4.78, 5) is 0. The van der Waals surface area contributed by atoms with Gasteiger partial charge in [-0.1, -0.05) is 13.3 Å². The maximum absolute atomic E-state index is 12.6. The molecule has 0 fully saturated rings. The zero-order chi connectivity index (χ0) is 14.3. The average Bonchev–Trinajstić information content (AvgIpc) is 2.34. The van der Waals surface area contributed by atoms with Crippen LogP contribution < -0.4 is 10.5 Å². The van der Waals surface area contributed by atoms with Crippen molar-refractivity contribution in [1.29, 1.82) is 0 Å². The Morgan fingerprint density at radius 1 is 1.16 bits per heavy atom. The first-order chi connectivity index (χ1) is 8.95. The molecule has 0 unspecified atom stereocenters. The van der Waals surface area contributed by atoms with Crippen molar-refractivity contribution in [2.24, 2.45) is 0 Å². The highest BCUT2D eigenvalue weighted by molar-refractivity contribution is 5.51. The van der Waals surface area contributed by atoms with Gasteiger partial charge in [0.2, 0.25) is 0 Å². The zero-order valence-corrected chi connectivity index (χ0v) is 10.8. The molecule has 0 spiro atoms. The first kappa shape index (κ1) is 15.6. The minimum absolute atomic E-state index is 0.139. The molecule has 0 aromatic heterocycles. The quantitative estimate of drug-likeness (QED) is 0.613. The van der Waals surface area contributed by atoms with Crippen LogP contribution in [0.3, 0.4) is 0 Å². The molecule has 0 heterocycles. The Kier molecular flexibility index (Phi) is 5.95. The molecule has 1 aromatic carbocycles. The molecule has 6 heteroatoms. The fraction of sp³-hybridized carbons (Fsp3) is 0.538. The van der Waals surface area contributed by atoms with E-state index in [0.717, 1.165) is 18.9 Å². The van der Waals surface area contributed by atoms with Gasteiger partial charge in [0.15, 0.2) is 0 Å². The van der Waals surface area contributed by atoms with Crippen LogP contribution in [-0.4, -0.2) is 19.8 Å². The molecule has 1 aromatic rings. The van der Waals surface area contributed by atoms with Gasteiger partial charge in [-0.25, -0.2) is 0 Å². The van der Waals surface area contributed by atoms with Crippen LogP contribution in [0.2, 0.25) is 0 Å². The van der Waals surface area contributed by atoms with Crippen LogP contribution in [0.5, 0.6) is 5.75 Å².